The van der Waals surface area contributed by atoms with Crippen LogP contribution in [0.25, 0.3) is 27.7 Å². The lowest BCUT2D eigenvalue weighted by atomic mass is 9.96. The van der Waals surface area contributed by atoms with Gasteiger partial charge in [-0.3, -0.25) is 9.59 Å². The third-order valence-corrected chi connectivity index (χ3v) is 8.84. The Bertz CT molecular complexity index is 2300. The molecule has 2 atom stereocenters. The number of methoxy groups -OCH3 is 1. The summed E-state index contributed by atoms with van der Waals surface area (Å²) in [7, 11) is 2.16. The van der Waals surface area contributed by atoms with Crippen LogP contribution in [0.2, 0.25) is 0 Å². The van der Waals surface area contributed by atoms with Crippen molar-refractivity contribution < 1.29 is 58.6 Å². The number of hydrogen-bond acceptors (Lipinski definition) is 7. The molecule has 1 N–H and O–H groups in total. The van der Waals surface area contributed by atoms with E-state index in [4.69, 9.17) is 9.47 Å². The smallest absolute Gasteiger partial charge is 0.417 e. The molecule has 0 spiro atoms. The number of anilines is 1. The first-order chi connectivity index (χ1) is 24.9. The molecule has 6 rings (SSSR count). The minimum absolute atomic E-state index is 0.0935. The van der Waals surface area contributed by atoms with Gasteiger partial charge in [0.05, 0.1) is 37.0 Å². The molecule has 53 heavy (non-hydrogen) atoms. The van der Waals surface area contributed by atoms with Crippen LogP contribution in [0.3, 0.4) is 0 Å². The second-order valence-corrected chi connectivity index (χ2v) is 12.0. The van der Waals surface area contributed by atoms with Gasteiger partial charge in [-0.2, -0.15) is 26.3 Å². The second-order valence-electron chi connectivity index (χ2n) is 12.0. The van der Waals surface area contributed by atoms with Gasteiger partial charge in [0.1, 0.15) is 40.7 Å². The molecule has 0 bridgehead atoms. The molecule has 1 aliphatic rings. The maximum Gasteiger partial charge on any atom is 0.417 e. The predicted molar refractivity (Wildman–Crippen MR) is 170 cm³/mol. The summed E-state index contributed by atoms with van der Waals surface area (Å²) in [5.41, 5.74) is -5.66. The first-order valence-electron chi connectivity index (χ1n) is 15.6. The monoisotopic (exact) mass is 755 g/mol. The van der Waals surface area contributed by atoms with E-state index in [1.54, 1.807) is 0 Å². The number of halogens is 9. The number of alkyl halides is 6. The van der Waals surface area contributed by atoms with Crippen molar-refractivity contribution in [2.24, 2.45) is 7.05 Å². The van der Waals surface area contributed by atoms with Crippen LogP contribution in [0.4, 0.5) is 45.2 Å². The zero-order valence-electron chi connectivity index (χ0n) is 27.4. The quantitative estimate of drug-likeness (QED) is 0.171. The van der Waals surface area contributed by atoms with Gasteiger partial charge in [-0.25, -0.2) is 22.9 Å². The molecule has 1 fully saturated rings. The van der Waals surface area contributed by atoms with Crippen LogP contribution in [0.15, 0.2) is 59.7 Å². The van der Waals surface area contributed by atoms with Crippen molar-refractivity contribution in [2.45, 2.75) is 30.9 Å². The summed E-state index contributed by atoms with van der Waals surface area (Å²) in [6.07, 6.45) is -7.98. The number of carbonyl (C=O) groups excluding carboxylic acids is 2. The molecule has 0 aliphatic carbocycles. The largest absolute Gasteiger partial charge is 0.467 e. The van der Waals surface area contributed by atoms with Crippen LogP contribution >= 0.6 is 0 Å². The van der Waals surface area contributed by atoms with Crippen LogP contribution in [0.5, 0.6) is 0 Å². The van der Waals surface area contributed by atoms with E-state index in [-0.39, 0.29) is 35.6 Å². The van der Waals surface area contributed by atoms with Crippen molar-refractivity contribution >= 4 is 34.1 Å². The lowest BCUT2D eigenvalue weighted by Gasteiger charge is -2.38. The van der Waals surface area contributed by atoms with E-state index in [9.17, 15) is 45.1 Å². The summed E-state index contributed by atoms with van der Waals surface area (Å²) in [4.78, 5) is 44.3. The van der Waals surface area contributed by atoms with E-state index in [0.717, 1.165) is 29.9 Å². The summed E-state index contributed by atoms with van der Waals surface area (Å²) >= 11 is 0. The highest BCUT2D eigenvalue weighted by Crippen LogP contribution is 2.41. The number of nitrogens with one attached hydrogen (secondary N) is 1. The van der Waals surface area contributed by atoms with E-state index in [1.807, 2.05) is 0 Å². The first-order valence-corrected chi connectivity index (χ1v) is 15.6. The Kier molecular flexibility index (Phi) is 9.65. The fourth-order valence-corrected chi connectivity index (χ4v) is 6.40. The topological polar surface area (TPSA) is 107 Å². The third kappa shape index (κ3) is 6.87. The third-order valence-electron chi connectivity index (χ3n) is 8.84. The van der Waals surface area contributed by atoms with Crippen molar-refractivity contribution in [2.75, 3.05) is 31.8 Å². The molecule has 1 aliphatic heterocycles. The van der Waals surface area contributed by atoms with E-state index in [2.05, 4.69) is 10.3 Å². The van der Waals surface area contributed by atoms with Crippen LogP contribution in [0, 0.1) is 17.5 Å². The number of aromatic nitrogens is 3. The predicted octanol–water partition coefficient (Wildman–Crippen LogP) is 5.57. The lowest BCUT2D eigenvalue weighted by Crippen LogP contribution is -2.53. The summed E-state index contributed by atoms with van der Waals surface area (Å²) in [6, 6.07) is 2.14. The van der Waals surface area contributed by atoms with E-state index >= 15 is 8.78 Å². The molecular formula is C34H26F9N5O5. The van der Waals surface area contributed by atoms with Crippen LogP contribution in [0.1, 0.15) is 21.6 Å². The first kappa shape index (κ1) is 37.2. The SMILES string of the molecule is COC(=O)[C@H](Cc1ccc(-c2c(C(F)(F)F)c3cc(F)ccc3n(C)c2=O)c2nccn12)NC(=O)c1c(F)cc(N2CCOC[C@H]2C(F)(F)F)cc1F. The molecule has 0 saturated carbocycles. The van der Waals surface area contributed by atoms with Gasteiger partial charge in [0.2, 0.25) is 0 Å². The lowest BCUT2D eigenvalue weighted by molar-refractivity contribution is -0.167. The Morgan fingerprint density at radius 1 is 1.04 bits per heavy atom. The van der Waals surface area contributed by atoms with Crippen LogP contribution in [-0.4, -0.2) is 71.0 Å². The Balaban J connectivity index is 1.36. The van der Waals surface area contributed by atoms with Crippen LogP contribution in [-0.2, 0) is 33.9 Å². The molecule has 2 aromatic carbocycles. The van der Waals surface area contributed by atoms with Crippen molar-refractivity contribution in [1.29, 1.82) is 0 Å². The molecular weight excluding hydrogens is 729 g/mol. The average Bonchev–Trinajstić information content (AvgIpc) is 3.59. The van der Waals surface area contributed by atoms with Gasteiger partial charge in [-0.15, -0.1) is 0 Å². The summed E-state index contributed by atoms with van der Waals surface area (Å²) < 4.78 is 141. The maximum atomic E-state index is 15.3. The van der Waals surface area contributed by atoms with Gasteiger partial charge < -0.3 is 28.7 Å². The number of pyridine rings is 2. The van der Waals surface area contributed by atoms with Gasteiger partial charge in [-0.05, 0) is 42.5 Å². The number of carbonyl (C=O) groups is 2. The molecule has 1 saturated heterocycles. The number of ether oxygens (including phenoxy) is 2. The Hall–Kier alpha value is -5.59. The molecule has 280 valence electrons. The van der Waals surface area contributed by atoms with Gasteiger partial charge >= 0.3 is 18.3 Å². The number of fused-ring (bicyclic) bond motifs is 2. The van der Waals surface area contributed by atoms with Crippen LogP contribution < -0.4 is 15.8 Å². The van der Waals surface area contributed by atoms with Gasteiger partial charge in [0.15, 0.2) is 0 Å². The highest BCUT2D eigenvalue weighted by molar-refractivity contribution is 5.98. The zero-order valence-corrected chi connectivity index (χ0v) is 27.4. The fraction of sp³-hybridized carbons (Fsp3) is 0.294. The van der Waals surface area contributed by atoms with Crippen molar-refractivity contribution in [3.63, 3.8) is 0 Å². The normalized spacial score (nSPS) is 15.9. The van der Waals surface area contributed by atoms with Crippen molar-refractivity contribution in [1.82, 2.24) is 19.3 Å². The molecule has 1 amide bonds. The average molecular weight is 756 g/mol. The summed E-state index contributed by atoms with van der Waals surface area (Å²) in [5, 5.41) is 1.55. The number of hydrogen-bond donors (Lipinski definition) is 1. The standard InChI is InChI=1S/C34H26F9N5O5/c1-46-24-6-3-16(35)11-20(24)28(34(41,42)43)26(31(46)50)19-5-4-17(48-8-7-44-29(19)48)14-23(32(51)52-2)45-30(49)27-21(36)12-18(13-22(27)37)47-9-10-53-15-25(47)33(38,39)40/h3-8,11-13,23,25H,9-10,14-15H2,1-2H3,(H,45,49)/t23-,25-/m0/s1. The Morgan fingerprint density at radius 2 is 1.74 bits per heavy atom. The number of morpholine rings is 1. The molecule has 10 nitrogen and oxygen atoms in total. The van der Waals surface area contributed by atoms with E-state index in [1.165, 1.54) is 29.9 Å². The second kappa shape index (κ2) is 13.8. The highest BCUT2D eigenvalue weighted by atomic mass is 19.4. The Labute approximate surface area is 292 Å². The number of nitrogens with zero attached hydrogens (tertiary/aromatic N) is 4. The van der Waals surface area contributed by atoms with Crippen molar-refractivity contribution in [3.05, 3.63) is 99.5 Å². The highest BCUT2D eigenvalue weighted by Gasteiger charge is 2.46. The molecule has 0 unspecified atom stereocenters. The van der Waals surface area contributed by atoms with E-state index in [0.29, 0.717) is 23.1 Å². The van der Waals surface area contributed by atoms with Gasteiger partial charge in [0.25, 0.3) is 11.5 Å². The van der Waals surface area contributed by atoms with Crippen molar-refractivity contribution in [3.8, 4) is 11.1 Å². The maximum absolute atomic E-state index is 15.3. The molecule has 0 radical (unpaired) electrons. The van der Waals surface area contributed by atoms with Gasteiger partial charge in [0, 0.05) is 54.7 Å². The number of esters is 1. The number of aryl methyl sites for hydroxylation is 1. The minimum Gasteiger partial charge on any atom is -0.467 e. The summed E-state index contributed by atoms with van der Waals surface area (Å²) in [5.74, 6) is -6.64. The fourth-order valence-electron chi connectivity index (χ4n) is 6.40. The summed E-state index contributed by atoms with van der Waals surface area (Å²) in [6.45, 7) is -1.30. The number of imidazole rings is 1. The molecule has 5 aromatic rings. The minimum atomic E-state index is -5.14. The number of amides is 1. The molecule has 4 heterocycles. The van der Waals surface area contributed by atoms with Gasteiger partial charge in [-0.1, -0.05) is 0 Å². The number of benzene rings is 2. The molecule has 19 heteroatoms. The Morgan fingerprint density at radius 3 is 2.38 bits per heavy atom. The zero-order chi connectivity index (χ0) is 38.6. The molecule has 3 aromatic heterocycles. The van der Waals surface area contributed by atoms with E-state index < -0.39 is 100 Å². The number of rotatable bonds is 7.